The Morgan fingerprint density at radius 2 is 1.87 bits per heavy atom. The van der Waals surface area contributed by atoms with Crippen molar-refractivity contribution in [2.24, 2.45) is 4.99 Å². The summed E-state index contributed by atoms with van der Waals surface area (Å²) in [7, 11) is 0. The fraction of sp³-hybridized carbons (Fsp3) is 0.379. The summed E-state index contributed by atoms with van der Waals surface area (Å²) in [5.41, 5.74) is 4.02. The van der Waals surface area contributed by atoms with Crippen LogP contribution < -0.4 is 10.9 Å². The first-order valence-electron chi connectivity index (χ1n) is 13.3. The van der Waals surface area contributed by atoms with Crippen LogP contribution in [0.3, 0.4) is 0 Å². The van der Waals surface area contributed by atoms with E-state index in [4.69, 9.17) is 4.99 Å². The van der Waals surface area contributed by atoms with Crippen molar-refractivity contribution in [1.82, 2.24) is 14.8 Å². The number of aromatic amines is 1. The van der Waals surface area contributed by atoms with Crippen LogP contribution in [-0.4, -0.2) is 64.5 Å². The molecule has 0 aliphatic carbocycles. The molecule has 0 unspecified atom stereocenters. The van der Waals surface area contributed by atoms with Crippen LogP contribution in [0.5, 0.6) is 0 Å². The summed E-state index contributed by atoms with van der Waals surface area (Å²) in [6.45, 7) is 5.63. The van der Waals surface area contributed by atoms with E-state index in [1.807, 2.05) is 12.1 Å². The quantitative estimate of drug-likeness (QED) is 0.404. The lowest BCUT2D eigenvalue weighted by molar-refractivity contribution is 0.0648. The first-order valence-corrected chi connectivity index (χ1v) is 14.2. The minimum atomic E-state index is -0.250. The lowest BCUT2D eigenvalue weighted by Gasteiger charge is -2.18. The van der Waals surface area contributed by atoms with Crippen molar-refractivity contribution in [3.63, 3.8) is 0 Å². The van der Waals surface area contributed by atoms with E-state index in [9.17, 15) is 14.4 Å². The van der Waals surface area contributed by atoms with Gasteiger partial charge in [-0.3, -0.25) is 24.3 Å². The van der Waals surface area contributed by atoms with Gasteiger partial charge in [-0.2, -0.15) is 0 Å². The average Bonchev–Trinajstić information content (AvgIpc) is 3.69. The number of aliphatic imine (C=N–C) groups is 1. The first-order chi connectivity index (χ1) is 18.5. The summed E-state index contributed by atoms with van der Waals surface area (Å²) in [4.78, 5) is 51.8. The van der Waals surface area contributed by atoms with Crippen molar-refractivity contribution in [3.8, 4) is 0 Å². The summed E-state index contributed by atoms with van der Waals surface area (Å²) in [5.74, 6) is -0.481. The first kappa shape index (κ1) is 24.8. The van der Waals surface area contributed by atoms with E-state index in [0.29, 0.717) is 41.1 Å². The van der Waals surface area contributed by atoms with Crippen molar-refractivity contribution in [3.05, 3.63) is 79.4 Å². The molecule has 38 heavy (non-hydrogen) atoms. The van der Waals surface area contributed by atoms with Gasteiger partial charge in [-0.15, -0.1) is 11.3 Å². The smallest absolute Gasteiger partial charge is 0.261 e. The number of carbonyl (C=O) groups excluding carboxylic acids is 2. The molecule has 0 spiro atoms. The molecule has 5 heterocycles. The lowest BCUT2D eigenvalue weighted by atomic mass is 10.00. The van der Waals surface area contributed by atoms with Crippen LogP contribution in [0.2, 0.25) is 0 Å². The third-order valence-corrected chi connectivity index (χ3v) is 8.48. The fourth-order valence-corrected chi connectivity index (χ4v) is 6.55. The number of anilines is 1. The van der Waals surface area contributed by atoms with E-state index >= 15 is 0 Å². The monoisotopic (exact) mass is 529 g/mol. The molecule has 1 saturated heterocycles. The Morgan fingerprint density at radius 1 is 1.08 bits per heavy atom. The maximum Gasteiger partial charge on any atom is 0.261 e. The zero-order valence-electron chi connectivity index (χ0n) is 21.5. The minimum absolute atomic E-state index is 0.120. The molecular weight excluding hydrogens is 498 g/mol. The molecule has 1 aromatic carbocycles. The molecule has 3 aromatic rings. The molecule has 0 bridgehead atoms. The van der Waals surface area contributed by atoms with Crippen LogP contribution >= 0.6 is 11.3 Å². The average molecular weight is 530 g/mol. The number of nitrogens with zero attached hydrogens (tertiary/aromatic N) is 3. The normalized spacial score (nSPS) is 17.6. The van der Waals surface area contributed by atoms with E-state index in [2.05, 4.69) is 33.6 Å². The van der Waals surface area contributed by atoms with Gasteiger partial charge in [-0.05, 0) is 81.0 Å². The number of carbonyl (C=O) groups is 2. The minimum Gasteiger partial charge on any atom is -0.381 e. The second-order valence-electron chi connectivity index (χ2n) is 10.4. The van der Waals surface area contributed by atoms with E-state index < -0.39 is 0 Å². The van der Waals surface area contributed by atoms with Gasteiger partial charge in [0.25, 0.3) is 17.4 Å². The number of likely N-dealkylation sites (tertiary alicyclic amines) is 1. The number of H-pyrrole nitrogens is 1. The summed E-state index contributed by atoms with van der Waals surface area (Å²) >= 11 is 1.71. The maximum absolute atomic E-state index is 13.1. The molecular formula is C29H31N5O3S. The predicted molar refractivity (Wildman–Crippen MR) is 150 cm³/mol. The number of nitrogens with one attached hydrogen (secondary N) is 2. The highest BCUT2D eigenvalue weighted by molar-refractivity contribution is 7.09. The third kappa shape index (κ3) is 4.72. The topological polar surface area (TPSA) is 97.9 Å². The molecule has 6 rings (SSSR count). The number of hydrogen-bond acceptors (Lipinski definition) is 7. The largest absolute Gasteiger partial charge is 0.381 e. The highest BCUT2D eigenvalue weighted by atomic mass is 32.1. The maximum atomic E-state index is 13.1. The number of rotatable bonds is 9. The third-order valence-electron chi connectivity index (χ3n) is 7.58. The Balaban J connectivity index is 1.20. The van der Waals surface area contributed by atoms with Crippen molar-refractivity contribution in [2.45, 2.75) is 45.1 Å². The SMILES string of the molecule is C[C@H](Cc1cccs1)Nc1cc[nH]c(=O)c1C1=Nc2cc3c(cc2C1)C(=O)N(CCCN1CCCC1)C3=O. The Hall–Kier alpha value is -3.56. The fourth-order valence-electron chi connectivity index (χ4n) is 5.72. The number of thiophene rings is 1. The Bertz CT molecular complexity index is 1470. The lowest BCUT2D eigenvalue weighted by Crippen LogP contribution is -2.33. The number of hydrogen-bond donors (Lipinski definition) is 2. The Kier molecular flexibility index (Phi) is 6.71. The molecule has 2 amide bonds. The molecule has 1 fully saturated rings. The van der Waals surface area contributed by atoms with E-state index in [-0.39, 0.29) is 23.4 Å². The van der Waals surface area contributed by atoms with Gasteiger partial charge < -0.3 is 15.2 Å². The Labute approximate surface area is 225 Å². The van der Waals surface area contributed by atoms with Gasteiger partial charge in [0.15, 0.2) is 0 Å². The molecule has 2 N–H and O–H groups in total. The highest BCUT2D eigenvalue weighted by Gasteiger charge is 2.37. The summed E-state index contributed by atoms with van der Waals surface area (Å²) in [6, 6.07) is 9.65. The van der Waals surface area contributed by atoms with Crippen LogP contribution in [0.1, 0.15) is 62.9 Å². The summed E-state index contributed by atoms with van der Waals surface area (Å²) in [5, 5.41) is 5.55. The number of aromatic nitrogens is 1. The van der Waals surface area contributed by atoms with Crippen LogP contribution in [0.4, 0.5) is 11.4 Å². The van der Waals surface area contributed by atoms with Gasteiger partial charge in [0.2, 0.25) is 0 Å². The summed E-state index contributed by atoms with van der Waals surface area (Å²) in [6.07, 6.45) is 6.15. The van der Waals surface area contributed by atoms with E-state index in [0.717, 1.165) is 43.7 Å². The van der Waals surface area contributed by atoms with Gasteiger partial charge >= 0.3 is 0 Å². The van der Waals surface area contributed by atoms with Crippen molar-refractivity contribution >= 4 is 40.2 Å². The number of fused-ring (bicyclic) bond motifs is 2. The molecule has 0 radical (unpaired) electrons. The number of benzene rings is 1. The van der Waals surface area contributed by atoms with Gasteiger partial charge in [0.05, 0.1) is 33.8 Å². The zero-order chi connectivity index (χ0) is 26.2. The second kappa shape index (κ2) is 10.3. The second-order valence-corrected chi connectivity index (χ2v) is 11.4. The molecule has 3 aliphatic rings. The molecule has 0 saturated carbocycles. The van der Waals surface area contributed by atoms with Crippen molar-refractivity contribution in [2.75, 3.05) is 31.5 Å². The van der Waals surface area contributed by atoms with Crippen molar-refractivity contribution in [1.29, 1.82) is 0 Å². The molecule has 2 aromatic heterocycles. The van der Waals surface area contributed by atoms with E-state index in [1.54, 1.807) is 29.7 Å². The molecule has 196 valence electrons. The van der Waals surface area contributed by atoms with E-state index in [1.165, 1.54) is 22.6 Å². The molecule has 9 heteroatoms. The van der Waals surface area contributed by atoms with Crippen LogP contribution in [0, 0.1) is 0 Å². The molecule has 3 aliphatic heterocycles. The summed E-state index contributed by atoms with van der Waals surface area (Å²) < 4.78 is 0. The predicted octanol–water partition coefficient (Wildman–Crippen LogP) is 4.24. The number of pyridine rings is 1. The number of amides is 2. The van der Waals surface area contributed by atoms with Gasteiger partial charge in [-0.1, -0.05) is 6.07 Å². The number of imide groups is 1. The van der Waals surface area contributed by atoms with Gasteiger partial charge in [-0.25, -0.2) is 0 Å². The van der Waals surface area contributed by atoms with Crippen LogP contribution in [0.25, 0.3) is 0 Å². The zero-order valence-corrected chi connectivity index (χ0v) is 22.3. The van der Waals surface area contributed by atoms with Gasteiger partial charge in [0.1, 0.15) is 0 Å². The Morgan fingerprint density at radius 3 is 2.63 bits per heavy atom. The van der Waals surface area contributed by atoms with Crippen LogP contribution in [-0.2, 0) is 12.8 Å². The molecule has 8 nitrogen and oxygen atoms in total. The highest BCUT2D eigenvalue weighted by Crippen LogP contribution is 2.36. The van der Waals surface area contributed by atoms with Gasteiger partial charge in [0, 0.05) is 36.5 Å². The molecule has 1 atom stereocenters. The van der Waals surface area contributed by atoms with Crippen LogP contribution in [0.15, 0.2) is 51.7 Å². The van der Waals surface area contributed by atoms with Crippen molar-refractivity contribution < 1.29 is 9.59 Å². The standard InChI is InChI=1S/C29H31N5O3S/c1-18(14-20-6-4-13-38-20)31-23-7-8-30-27(35)26(23)25-16-19-15-21-22(17-24(19)32-25)29(37)34(28(21)36)12-5-11-33-9-2-3-10-33/h4,6-8,13,15,17-18H,2-3,5,9-12,14,16H2,1H3,(H2,30,31,35)/t18-/m1/s1.